The van der Waals surface area contributed by atoms with E-state index in [0.29, 0.717) is 8.95 Å². The van der Waals surface area contributed by atoms with Crippen molar-refractivity contribution in [1.29, 1.82) is 0 Å². The van der Waals surface area contributed by atoms with E-state index in [0.717, 1.165) is 11.3 Å². The lowest BCUT2D eigenvalue weighted by molar-refractivity contribution is 0.155. The normalized spacial score (nSPS) is 10.9. The van der Waals surface area contributed by atoms with Gasteiger partial charge < -0.3 is 0 Å². The van der Waals surface area contributed by atoms with Gasteiger partial charge in [-0.15, -0.1) is 11.3 Å². The molecule has 0 spiro atoms. The number of alkyl halides is 2. The van der Waals surface area contributed by atoms with E-state index >= 15 is 0 Å². The minimum absolute atomic E-state index is 0.0758. The van der Waals surface area contributed by atoms with E-state index in [2.05, 4.69) is 31.9 Å². The van der Waals surface area contributed by atoms with Crippen LogP contribution in [-0.2, 0) is 0 Å². The molecule has 0 aromatic carbocycles. The smallest absolute Gasteiger partial charge is 0.204 e. The average Bonchev–Trinajstić information content (AvgIpc) is 2.14. The molecule has 0 N–H and O–H groups in total. The number of halogens is 4. The Hall–Kier alpha value is 0.520. The van der Waals surface area contributed by atoms with Gasteiger partial charge >= 0.3 is 0 Å². The SMILES string of the molecule is FC(F)c1scc(Br)c1Br. The van der Waals surface area contributed by atoms with Gasteiger partial charge in [-0.05, 0) is 31.9 Å². The molecule has 0 amide bonds. The van der Waals surface area contributed by atoms with E-state index < -0.39 is 6.43 Å². The molecule has 5 heteroatoms. The van der Waals surface area contributed by atoms with E-state index in [-0.39, 0.29) is 4.88 Å². The highest BCUT2D eigenvalue weighted by Crippen LogP contribution is 2.38. The molecule has 0 saturated heterocycles. The Morgan fingerprint density at radius 1 is 1.40 bits per heavy atom. The topological polar surface area (TPSA) is 0 Å². The van der Waals surface area contributed by atoms with Gasteiger partial charge in [-0.1, -0.05) is 0 Å². The lowest BCUT2D eigenvalue weighted by atomic mass is 10.5. The summed E-state index contributed by atoms with van der Waals surface area (Å²) in [5.74, 6) is 0. The van der Waals surface area contributed by atoms with Crippen LogP contribution in [0.5, 0.6) is 0 Å². The van der Waals surface area contributed by atoms with Gasteiger partial charge in [-0.25, -0.2) is 8.78 Å². The number of rotatable bonds is 1. The second kappa shape index (κ2) is 3.28. The van der Waals surface area contributed by atoms with Crippen LogP contribution in [0.15, 0.2) is 14.3 Å². The standard InChI is InChI=1S/C5H2Br2F2S/c6-2-1-10-4(3(2)7)5(8)9/h1,5H. The van der Waals surface area contributed by atoms with Crippen LogP contribution >= 0.6 is 43.2 Å². The molecule has 1 heterocycles. The zero-order chi connectivity index (χ0) is 7.72. The van der Waals surface area contributed by atoms with Gasteiger partial charge in [0.2, 0.25) is 0 Å². The summed E-state index contributed by atoms with van der Waals surface area (Å²) in [5, 5.41) is 1.63. The molecule has 56 valence electrons. The first kappa shape index (κ1) is 8.62. The van der Waals surface area contributed by atoms with Crippen molar-refractivity contribution in [1.82, 2.24) is 0 Å². The summed E-state index contributed by atoms with van der Waals surface area (Å²) >= 11 is 7.19. The van der Waals surface area contributed by atoms with Crippen molar-refractivity contribution in [3.8, 4) is 0 Å². The number of hydrogen-bond donors (Lipinski definition) is 0. The number of thiophene rings is 1. The monoisotopic (exact) mass is 290 g/mol. The van der Waals surface area contributed by atoms with Gasteiger partial charge in [0.1, 0.15) is 0 Å². The summed E-state index contributed by atoms with van der Waals surface area (Å²) in [7, 11) is 0. The highest BCUT2D eigenvalue weighted by Gasteiger charge is 2.15. The molecule has 10 heavy (non-hydrogen) atoms. The summed E-state index contributed by atoms with van der Waals surface area (Å²) < 4.78 is 25.2. The van der Waals surface area contributed by atoms with Crippen molar-refractivity contribution in [3.05, 3.63) is 19.2 Å². The molecule has 0 saturated carbocycles. The first-order chi connectivity index (χ1) is 4.63. The van der Waals surface area contributed by atoms with Gasteiger partial charge in [0.05, 0.1) is 9.35 Å². The molecule has 0 atom stereocenters. The highest BCUT2D eigenvalue weighted by molar-refractivity contribution is 9.13. The van der Waals surface area contributed by atoms with Crippen LogP contribution in [0.1, 0.15) is 11.3 Å². The third kappa shape index (κ3) is 1.57. The summed E-state index contributed by atoms with van der Waals surface area (Å²) in [5.41, 5.74) is 0. The molecule has 0 radical (unpaired) electrons. The van der Waals surface area contributed by atoms with Gasteiger partial charge in [0.15, 0.2) is 0 Å². The molecule has 1 aromatic rings. The quantitative estimate of drug-likeness (QED) is 0.727. The summed E-state index contributed by atoms with van der Waals surface area (Å²) in [4.78, 5) is 0.0758. The van der Waals surface area contributed by atoms with Gasteiger partial charge in [0, 0.05) is 9.85 Å². The molecule has 0 unspecified atom stereocenters. The Balaban J connectivity index is 3.05. The summed E-state index contributed by atoms with van der Waals surface area (Å²) in [6, 6.07) is 0. The molecule has 0 nitrogen and oxygen atoms in total. The zero-order valence-corrected chi connectivity index (χ0v) is 8.56. The molecule has 1 rings (SSSR count). The van der Waals surface area contributed by atoms with Crippen LogP contribution in [-0.4, -0.2) is 0 Å². The van der Waals surface area contributed by atoms with Crippen molar-refractivity contribution < 1.29 is 8.78 Å². The van der Waals surface area contributed by atoms with Crippen LogP contribution < -0.4 is 0 Å². The summed E-state index contributed by atoms with van der Waals surface area (Å²) in [6.45, 7) is 0. The van der Waals surface area contributed by atoms with Crippen molar-refractivity contribution in [2.24, 2.45) is 0 Å². The van der Waals surface area contributed by atoms with E-state index in [1.165, 1.54) is 0 Å². The predicted molar refractivity (Wildman–Crippen MR) is 44.7 cm³/mol. The van der Waals surface area contributed by atoms with Crippen molar-refractivity contribution in [3.63, 3.8) is 0 Å². The summed E-state index contributed by atoms with van der Waals surface area (Å²) in [6.07, 6.45) is -2.38. The second-order valence-electron chi connectivity index (χ2n) is 1.56. The van der Waals surface area contributed by atoms with Crippen molar-refractivity contribution in [2.75, 3.05) is 0 Å². The Morgan fingerprint density at radius 2 is 2.00 bits per heavy atom. The molecule has 0 aliphatic rings. The maximum Gasteiger partial charge on any atom is 0.273 e. The fraction of sp³-hybridized carbons (Fsp3) is 0.200. The Kier molecular flexibility index (Phi) is 2.82. The first-order valence-corrected chi connectivity index (χ1v) is 4.80. The maximum atomic E-state index is 12.0. The van der Waals surface area contributed by atoms with Crippen LogP contribution in [0, 0.1) is 0 Å². The highest BCUT2D eigenvalue weighted by atomic mass is 79.9. The molecule has 0 aliphatic carbocycles. The fourth-order valence-corrected chi connectivity index (χ4v) is 2.49. The van der Waals surface area contributed by atoms with Gasteiger partial charge in [-0.3, -0.25) is 0 Å². The average molecular weight is 292 g/mol. The molecule has 0 bridgehead atoms. The first-order valence-electron chi connectivity index (χ1n) is 2.33. The molecule has 0 aliphatic heterocycles. The third-order valence-corrected chi connectivity index (χ3v) is 4.48. The lowest BCUT2D eigenvalue weighted by Crippen LogP contribution is -1.76. The lowest BCUT2D eigenvalue weighted by Gasteiger charge is -1.93. The van der Waals surface area contributed by atoms with E-state index in [4.69, 9.17) is 0 Å². The van der Waals surface area contributed by atoms with E-state index in [1.54, 1.807) is 5.38 Å². The zero-order valence-electron chi connectivity index (χ0n) is 4.57. The van der Waals surface area contributed by atoms with Gasteiger partial charge in [-0.2, -0.15) is 0 Å². The van der Waals surface area contributed by atoms with E-state index in [1.807, 2.05) is 0 Å². The Morgan fingerprint density at radius 3 is 2.20 bits per heavy atom. The molecule has 1 aromatic heterocycles. The van der Waals surface area contributed by atoms with Crippen LogP contribution in [0.25, 0.3) is 0 Å². The minimum atomic E-state index is -2.38. The predicted octanol–water partition coefficient (Wildman–Crippen LogP) is 4.21. The van der Waals surface area contributed by atoms with E-state index in [9.17, 15) is 8.78 Å². The van der Waals surface area contributed by atoms with Crippen LogP contribution in [0.3, 0.4) is 0 Å². The van der Waals surface area contributed by atoms with Crippen LogP contribution in [0.2, 0.25) is 0 Å². The maximum absolute atomic E-state index is 12.0. The molecule has 0 fully saturated rings. The second-order valence-corrected chi connectivity index (χ2v) is 4.12. The Bertz CT molecular complexity index is 234. The number of hydrogen-bond acceptors (Lipinski definition) is 1. The van der Waals surface area contributed by atoms with Crippen LogP contribution in [0.4, 0.5) is 8.78 Å². The molecular weight excluding hydrogens is 290 g/mol. The molecular formula is C5H2Br2F2S. The van der Waals surface area contributed by atoms with Crippen molar-refractivity contribution >= 4 is 43.2 Å². The Labute approximate surface area is 77.5 Å². The largest absolute Gasteiger partial charge is 0.273 e. The van der Waals surface area contributed by atoms with Gasteiger partial charge in [0.25, 0.3) is 6.43 Å². The third-order valence-electron chi connectivity index (χ3n) is 0.914. The fourth-order valence-electron chi connectivity index (χ4n) is 0.484. The minimum Gasteiger partial charge on any atom is -0.204 e. The van der Waals surface area contributed by atoms with Crippen molar-refractivity contribution in [2.45, 2.75) is 6.43 Å².